The number of nitrogens with zero attached hydrogens (tertiary/aromatic N) is 2. The Bertz CT molecular complexity index is 1200. The van der Waals surface area contributed by atoms with Crippen molar-refractivity contribution in [3.8, 4) is 5.88 Å². The van der Waals surface area contributed by atoms with Gasteiger partial charge in [-0.3, -0.25) is 4.98 Å². The Morgan fingerprint density at radius 1 is 0.912 bits per heavy atom. The lowest BCUT2D eigenvalue weighted by molar-refractivity contribution is 0.291. The van der Waals surface area contributed by atoms with E-state index in [-0.39, 0.29) is 0 Å². The maximum Gasteiger partial charge on any atom is 0.232 e. The van der Waals surface area contributed by atoms with Gasteiger partial charge in [-0.2, -0.15) is 0 Å². The average Bonchev–Trinajstić information content (AvgIpc) is 3.28. The van der Waals surface area contributed by atoms with Gasteiger partial charge in [0.25, 0.3) is 0 Å². The zero-order valence-corrected chi connectivity index (χ0v) is 19.9. The van der Waals surface area contributed by atoms with E-state index in [1.54, 1.807) is 6.20 Å². The molecule has 176 valence electrons. The first-order valence-corrected chi connectivity index (χ1v) is 12.7. The minimum Gasteiger partial charge on any atom is -0.477 e. The molecule has 0 bridgehead atoms. The van der Waals surface area contributed by atoms with Crippen LogP contribution in [0.2, 0.25) is 0 Å². The second-order valence-electron chi connectivity index (χ2n) is 9.22. The molecule has 4 aromatic rings. The lowest BCUT2D eigenvalue weighted by Crippen LogP contribution is -2.19. The Morgan fingerprint density at radius 2 is 1.79 bits per heavy atom. The van der Waals surface area contributed by atoms with Crippen LogP contribution in [0.25, 0.3) is 10.9 Å². The number of aromatic nitrogens is 3. The molecule has 34 heavy (non-hydrogen) atoms. The van der Waals surface area contributed by atoms with E-state index in [1.165, 1.54) is 40.4 Å². The molecule has 5 heteroatoms. The molecule has 2 N–H and O–H groups in total. The number of aryl methyl sites for hydroxylation is 2. The fourth-order valence-corrected chi connectivity index (χ4v) is 4.75. The highest BCUT2D eigenvalue weighted by Crippen LogP contribution is 2.22. The summed E-state index contributed by atoms with van der Waals surface area (Å²) in [6, 6.07) is 17.4. The van der Waals surface area contributed by atoms with Gasteiger partial charge in [0.2, 0.25) is 5.88 Å². The van der Waals surface area contributed by atoms with E-state index in [2.05, 4.69) is 75.0 Å². The summed E-state index contributed by atoms with van der Waals surface area (Å²) in [5.41, 5.74) is 7.60. The van der Waals surface area contributed by atoms with Gasteiger partial charge >= 0.3 is 0 Å². The first-order valence-electron chi connectivity index (χ1n) is 12.7. The van der Waals surface area contributed by atoms with Crippen molar-refractivity contribution in [3.63, 3.8) is 0 Å². The van der Waals surface area contributed by atoms with Crippen molar-refractivity contribution >= 4 is 10.9 Å². The molecule has 0 spiro atoms. The summed E-state index contributed by atoms with van der Waals surface area (Å²) in [5.74, 6) is 0.680. The molecule has 0 atom stereocenters. The second kappa shape index (κ2) is 11.3. The molecule has 0 amide bonds. The summed E-state index contributed by atoms with van der Waals surface area (Å²) in [7, 11) is 0. The predicted octanol–water partition coefficient (Wildman–Crippen LogP) is 5.42. The molecule has 5 rings (SSSR count). The quantitative estimate of drug-likeness (QED) is 0.297. The molecule has 2 aromatic carbocycles. The molecule has 0 saturated carbocycles. The van der Waals surface area contributed by atoms with Crippen molar-refractivity contribution in [1.82, 2.24) is 20.3 Å². The summed E-state index contributed by atoms with van der Waals surface area (Å²) in [6.45, 7) is 2.68. The number of rotatable bonds is 11. The minimum atomic E-state index is 0.680. The first kappa shape index (κ1) is 22.6. The number of benzene rings is 2. The van der Waals surface area contributed by atoms with Gasteiger partial charge in [0, 0.05) is 17.1 Å². The third kappa shape index (κ3) is 5.84. The molecule has 1 aliphatic rings. The molecule has 0 fully saturated rings. The Balaban J connectivity index is 1.02. The molecule has 5 nitrogen and oxygen atoms in total. The van der Waals surface area contributed by atoms with Crippen LogP contribution in [0, 0.1) is 0 Å². The summed E-state index contributed by atoms with van der Waals surface area (Å²) >= 11 is 0. The van der Waals surface area contributed by atoms with Gasteiger partial charge in [-0.25, -0.2) is 4.98 Å². The van der Waals surface area contributed by atoms with Crippen LogP contribution in [0.4, 0.5) is 0 Å². The first-order chi connectivity index (χ1) is 16.8. The number of fused-ring (bicyclic) bond motifs is 2. The normalized spacial score (nSPS) is 13.2. The Hall–Kier alpha value is -3.18. The topological polar surface area (TPSA) is 62.8 Å². The molecule has 1 aliphatic carbocycles. The van der Waals surface area contributed by atoms with Crippen molar-refractivity contribution in [2.24, 2.45) is 0 Å². The van der Waals surface area contributed by atoms with Gasteiger partial charge < -0.3 is 15.0 Å². The van der Waals surface area contributed by atoms with E-state index >= 15 is 0 Å². The van der Waals surface area contributed by atoms with Crippen LogP contribution in [0.3, 0.4) is 0 Å². The Morgan fingerprint density at radius 3 is 2.71 bits per heavy atom. The minimum absolute atomic E-state index is 0.680. The molecule has 0 aliphatic heterocycles. The predicted molar refractivity (Wildman–Crippen MR) is 138 cm³/mol. The summed E-state index contributed by atoms with van der Waals surface area (Å²) in [5, 5.41) is 4.93. The zero-order valence-electron chi connectivity index (χ0n) is 19.9. The van der Waals surface area contributed by atoms with E-state index in [1.807, 2.05) is 0 Å². The molecular formula is C29H34N4O. The van der Waals surface area contributed by atoms with E-state index < -0.39 is 0 Å². The maximum atomic E-state index is 5.83. The van der Waals surface area contributed by atoms with Gasteiger partial charge in [0.05, 0.1) is 24.2 Å². The molecular weight excluding hydrogens is 420 g/mol. The maximum absolute atomic E-state index is 5.83. The lowest BCUT2D eigenvalue weighted by atomic mass is 10.0. The molecule has 0 unspecified atom stereocenters. The Labute approximate surface area is 202 Å². The van der Waals surface area contributed by atoms with Crippen LogP contribution in [0.1, 0.15) is 53.8 Å². The van der Waals surface area contributed by atoms with E-state index in [4.69, 9.17) is 4.74 Å². The van der Waals surface area contributed by atoms with Crippen LogP contribution in [-0.4, -0.2) is 34.6 Å². The van der Waals surface area contributed by atoms with Crippen LogP contribution in [0.15, 0.2) is 60.9 Å². The smallest absolute Gasteiger partial charge is 0.232 e. The summed E-state index contributed by atoms with van der Waals surface area (Å²) in [6.07, 6.45) is 12.6. The third-order valence-electron chi connectivity index (χ3n) is 6.64. The van der Waals surface area contributed by atoms with Gasteiger partial charge in [0.15, 0.2) is 0 Å². The zero-order chi connectivity index (χ0) is 23.0. The highest BCUT2D eigenvalue weighted by molar-refractivity contribution is 5.84. The SMILES string of the molecule is c1ccc(Cc2ccc3[nH]cc(CCNCCCCOc4cnc5c(n4)CCCC5)c3c2)cc1. The number of hydrogen-bond donors (Lipinski definition) is 2. The number of aromatic amines is 1. The van der Waals surface area contributed by atoms with Crippen LogP contribution in [0.5, 0.6) is 5.88 Å². The molecule has 0 saturated heterocycles. The van der Waals surface area contributed by atoms with E-state index in [0.29, 0.717) is 12.5 Å². The highest BCUT2D eigenvalue weighted by Gasteiger charge is 2.12. The monoisotopic (exact) mass is 454 g/mol. The fraction of sp³-hybridized carbons (Fsp3) is 0.379. The van der Waals surface area contributed by atoms with Crippen molar-refractivity contribution in [2.45, 2.75) is 51.4 Å². The van der Waals surface area contributed by atoms with Crippen LogP contribution < -0.4 is 10.1 Å². The van der Waals surface area contributed by atoms with Gasteiger partial charge in [-0.05, 0) is 93.3 Å². The number of unbranched alkanes of at least 4 members (excludes halogenated alkanes) is 1. The average molecular weight is 455 g/mol. The highest BCUT2D eigenvalue weighted by atomic mass is 16.5. The van der Waals surface area contributed by atoms with Gasteiger partial charge in [-0.15, -0.1) is 0 Å². The number of ether oxygens (including phenoxy) is 1. The van der Waals surface area contributed by atoms with Crippen LogP contribution >= 0.6 is 0 Å². The van der Waals surface area contributed by atoms with Crippen molar-refractivity contribution < 1.29 is 4.74 Å². The summed E-state index contributed by atoms with van der Waals surface area (Å²) in [4.78, 5) is 12.6. The fourth-order valence-electron chi connectivity index (χ4n) is 4.75. The van der Waals surface area contributed by atoms with Crippen molar-refractivity contribution in [1.29, 1.82) is 0 Å². The van der Waals surface area contributed by atoms with E-state index in [9.17, 15) is 0 Å². The van der Waals surface area contributed by atoms with Crippen molar-refractivity contribution in [2.75, 3.05) is 19.7 Å². The van der Waals surface area contributed by atoms with Gasteiger partial charge in [-0.1, -0.05) is 36.4 Å². The largest absolute Gasteiger partial charge is 0.477 e. The Kier molecular flexibility index (Phi) is 7.51. The van der Waals surface area contributed by atoms with E-state index in [0.717, 1.165) is 63.0 Å². The third-order valence-corrected chi connectivity index (χ3v) is 6.64. The molecule has 0 radical (unpaired) electrons. The molecule has 2 aromatic heterocycles. The molecule has 2 heterocycles. The second-order valence-corrected chi connectivity index (χ2v) is 9.22. The standard InChI is InChI=1S/C29H34N4O/c1-2-8-22(9-3-1)18-23-12-13-26-25(19-23)24(20-31-26)14-16-30-15-6-7-17-34-29-21-32-27-10-4-5-11-28(27)33-29/h1-3,8-9,12-13,19-21,30-31H,4-7,10-11,14-18H2. The summed E-state index contributed by atoms with van der Waals surface area (Å²) < 4.78 is 5.83. The number of nitrogens with one attached hydrogen (secondary N) is 2. The number of hydrogen-bond acceptors (Lipinski definition) is 4. The number of H-pyrrole nitrogens is 1. The van der Waals surface area contributed by atoms with Crippen molar-refractivity contribution in [3.05, 3.63) is 89.0 Å². The van der Waals surface area contributed by atoms with Crippen LogP contribution in [-0.2, 0) is 25.7 Å². The lowest BCUT2D eigenvalue weighted by Gasteiger charge is -2.14. The van der Waals surface area contributed by atoms with Gasteiger partial charge in [0.1, 0.15) is 0 Å².